The van der Waals surface area contributed by atoms with Crippen molar-refractivity contribution < 1.29 is 29.5 Å². The molecule has 0 aromatic rings. The number of hydrogen-bond acceptors (Lipinski definition) is 8. The number of ether oxygens (including phenoxy) is 3. The predicted octanol–water partition coefficient (Wildman–Crippen LogP) is -1.85. The highest BCUT2D eigenvalue weighted by atomic mass is 16.8. The van der Waals surface area contributed by atoms with Crippen LogP contribution in [0.1, 0.15) is 33.1 Å². The summed E-state index contributed by atoms with van der Waals surface area (Å²) in [7, 11) is 0. The van der Waals surface area contributed by atoms with Crippen LogP contribution in [-0.4, -0.2) is 69.5 Å². The molecular weight excluding hydrogens is 292 g/mol. The summed E-state index contributed by atoms with van der Waals surface area (Å²) in [5, 5.41) is 31.8. The van der Waals surface area contributed by atoms with Gasteiger partial charge in [0.25, 0.3) is 0 Å². The van der Waals surface area contributed by atoms with Gasteiger partial charge in [-0.3, -0.25) is 0 Å². The van der Waals surface area contributed by atoms with Gasteiger partial charge in [0.05, 0.1) is 24.4 Å². The highest BCUT2D eigenvalue weighted by Gasteiger charge is 2.66. The molecule has 1 saturated carbocycles. The van der Waals surface area contributed by atoms with Crippen LogP contribution in [0.4, 0.5) is 0 Å². The van der Waals surface area contributed by atoms with Crippen molar-refractivity contribution in [2.75, 3.05) is 0 Å². The Kier molecular flexibility index (Phi) is 4.02. The zero-order valence-corrected chi connectivity index (χ0v) is 12.9. The Hall–Kier alpha value is -0.320. The molecule has 2 heterocycles. The van der Waals surface area contributed by atoms with E-state index in [-0.39, 0.29) is 18.9 Å². The van der Waals surface area contributed by atoms with Crippen LogP contribution in [0.3, 0.4) is 0 Å². The van der Waals surface area contributed by atoms with Gasteiger partial charge < -0.3 is 41.0 Å². The summed E-state index contributed by atoms with van der Waals surface area (Å²) in [4.78, 5) is 0. The maximum absolute atomic E-state index is 10.9. The van der Waals surface area contributed by atoms with E-state index >= 15 is 0 Å². The summed E-state index contributed by atoms with van der Waals surface area (Å²) in [5.74, 6) is -2.02. The van der Waals surface area contributed by atoms with Gasteiger partial charge in [0.15, 0.2) is 0 Å². The maximum Gasteiger partial charge on any atom is 0.248 e. The lowest BCUT2D eigenvalue weighted by atomic mass is 9.78. The highest BCUT2D eigenvalue weighted by molar-refractivity contribution is 5.08. The maximum atomic E-state index is 10.9. The summed E-state index contributed by atoms with van der Waals surface area (Å²) in [6, 6.07) is -1.34. The van der Waals surface area contributed by atoms with Crippen molar-refractivity contribution in [3.63, 3.8) is 0 Å². The van der Waals surface area contributed by atoms with Gasteiger partial charge >= 0.3 is 0 Å². The van der Waals surface area contributed by atoms with Crippen molar-refractivity contribution in [2.24, 2.45) is 11.5 Å². The average molecular weight is 318 g/mol. The Morgan fingerprint density at radius 2 is 1.91 bits per heavy atom. The van der Waals surface area contributed by atoms with Gasteiger partial charge in [0, 0.05) is 12.5 Å². The molecule has 3 aliphatic rings. The predicted molar refractivity (Wildman–Crippen MR) is 75.5 cm³/mol. The van der Waals surface area contributed by atoms with E-state index in [4.69, 9.17) is 25.7 Å². The Morgan fingerprint density at radius 3 is 2.55 bits per heavy atom. The minimum atomic E-state index is -2.02. The van der Waals surface area contributed by atoms with Crippen LogP contribution >= 0.6 is 0 Å². The normalized spacial score (nSPS) is 58.8. The Morgan fingerprint density at radius 1 is 1.23 bits per heavy atom. The van der Waals surface area contributed by atoms with Crippen molar-refractivity contribution in [3.05, 3.63) is 0 Å². The van der Waals surface area contributed by atoms with Crippen LogP contribution in [0.5, 0.6) is 0 Å². The Balaban J connectivity index is 1.91. The van der Waals surface area contributed by atoms with Gasteiger partial charge in [-0.1, -0.05) is 6.92 Å². The number of nitrogens with two attached hydrogens (primary N) is 2. The molecule has 0 spiro atoms. The molecule has 0 aromatic heterocycles. The van der Waals surface area contributed by atoms with Crippen molar-refractivity contribution in [3.8, 4) is 0 Å². The van der Waals surface area contributed by atoms with Crippen molar-refractivity contribution in [1.82, 2.24) is 0 Å². The summed E-state index contributed by atoms with van der Waals surface area (Å²) >= 11 is 0. The second-order valence-corrected chi connectivity index (χ2v) is 6.79. The molecule has 8 nitrogen and oxygen atoms in total. The first-order valence-electron chi connectivity index (χ1n) is 7.84. The minimum absolute atomic E-state index is 0.217. The summed E-state index contributed by atoms with van der Waals surface area (Å²) < 4.78 is 17.2. The molecule has 0 bridgehead atoms. The van der Waals surface area contributed by atoms with E-state index in [2.05, 4.69) is 0 Å². The number of aliphatic hydroxyl groups is 3. The van der Waals surface area contributed by atoms with Crippen molar-refractivity contribution >= 4 is 0 Å². The molecule has 1 unspecified atom stereocenters. The monoisotopic (exact) mass is 318 g/mol. The van der Waals surface area contributed by atoms with Crippen LogP contribution in [-0.2, 0) is 14.2 Å². The number of fused-ring (bicyclic) bond motifs is 2. The minimum Gasteiger partial charge on any atom is -0.390 e. The van der Waals surface area contributed by atoms with Crippen LogP contribution in [0, 0.1) is 0 Å². The van der Waals surface area contributed by atoms with Gasteiger partial charge in [-0.15, -0.1) is 0 Å². The third-order valence-electron chi connectivity index (χ3n) is 5.25. The van der Waals surface area contributed by atoms with Gasteiger partial charge in [-0.2, -0.15) is 0 Å². The standard InChI is InChI=1S/C14H26N2O6/c1-3-13(18)5-6(2)20-12-14(13,19)22-11-8(21-12)4-7(15)10(17)9(11)16/h6-12,17-19H,3-5,15-16H2,1-2H3/t6-,7+,8?,9+,10+,11+,12+,13+,14-/m1/s1. The zero-order chi connectivity index (χ0) is 16.3. The molecule has 9 atom stereocenters. The Bertz CT molecular complexity index is 440. The van der Waals surface area contributed by atoms with Gasteiger partial charge in [0.1, 0.15) is 11.7 Å². The van der Waals surface area contributed by atoms with Crippen molar-refractivity contribution in [1.29, 1.82) is 0 Å². The molecule has 2 saturated heterocycles. The van der Waals surface area contributed by atoms with Crippen LogP contribution in [0.2, 0.25) is 0 Å². The van der Waals surface area contributed by atoms with Crippen LogP contribution < -0.4 is 11.5 Å². The molecule has 3 fully saturated rings. The van der Waals surface area contributed by atoms with E-state index in [0.717, 1.165) is 0 Å². The molecule has 7 N–H and O–H groups in total. The average Bonchev–Trinajstić information content (AvgIpc) is 2.46. The second kappa shape index (κ2) is 5.35. The first-order chi connectivity index (χ1) is 10.2. The quantitative estimate of drug-likeness (QED) is 0.380. The van der Waals surface area contributed by atoms with Gasteiger partial charge in [-0.25, -0.2) is 0 Å². The van der Waals surface area contributed by atoms with E-state index in [9.17, 15) is 15.3 Å². The summed E-state index contributed by atoms with van der Waals surface area (Å²) in [6.45, 7) is 3.56. The molecule has 8 heteroatoms. The van der Waals surface area contributed by atoms with E-state index in [1.165, 1.54) is 0 Å². The lowest BCUT2D eigenvalue weighted by molar-refractivity contribution is -0.477. The number of hydrogen-bond donors (Lipinski definition) is 5. The fourth-order valence-corrected chi connectivity index (χ4v) is 3.80. The first kappa shape index (κ1) is 16.5. The number of rotatable bonds is 1. The number of aliphatic hydroxyl groups excluding tert-OH is 1. The molecule has 22 heavy (non-hydrogen) atoms. The molecule has 1 aliphatic carbocycles. The molecule has 0 amide bonds. The highest BCUT2D eigenvalue weighted by Crippen LogP contribution is 2.47. The van der Waals surface area contributed by atoms with E-state index in [1.807, 2.05) is 0 Å². The third-order valence-corrected chi connectivity index (χ3v) is 5.25. The topological polar surface area (TPSA) is 140 Å². The molecule has 0 aromatic carbocycles. The SMILES string of the molecule is CC[C@]1(O)C[C@@H](C)O[C@H]2OC3C[C@H](N)[C@H](O)[C@H](N)[C@H]3O[C@]21O. The smallest absolute Gasteiger partial charge is 0.248 e. The Labute approximate surface area is 129 Å². The largest absolute Gasteiger partial charge is 0.390 e. The molecular formula is C14H26N2O6. The fourth-order valence-electron chi connectivity index (χ4n) is 3.80. The summed E-state index contributed by atoms with van der Waals surface area (Å²) in [6.07, 6.45) is -2.78. The molecule has 0 radical (unpaired) electrons. The molecule has 2 aliphatic heterocycles. The fraction of sp³-hybridized carbons (Fsp3) is 1.00. The molecule has 128 valence electrons. The van der Waals surface area contributed by atoms with Crippen LogP contribution in [0.25, 0.3) is 0 Å². The lowest BCUT2D eigenvalue weighted by Crippen LogP contribution is -2.77. The van der Waals surface area contributed by atoms with Gasteiger partial charge in [0.2, 0.25) is 12.1 Å². The first-order valence-corrected chi connectivity index (χ1v) is 7.84. The van der Waals surface area contributed by atoms with E-state index in [0.29, 0.717) is 6.42 Å². The van der Waals surface area contributed by atoms with Crippen molar-refractivity contribution in [2.45, 2.75) is 87.3 Å². The summed E-state index contributed by atoms with van der Waals surface area (Å²) in [5.41, 5.74) is 10.3. The zero-order valence-electron chi connectivity index (χ0n) is 12.9. The van der Waals surface area contributed by atoms with E-state index in [1.54, 1.807) is 13.8 Å². The van der Waals surface area contributed by atoms with E-state index < -0.39 is 48.1 Å². The lowest BCUT2D eigenvalue weighted by Gasteiger charge is -2.58. The third kappa shape index (κ3) is 2.22. The van der Waals surface area contributed by atoms with Gasteiger partial charge in [-0.05, 0) is 19.8 Å². The second-order valence-electron chi connectivity index (χ2n) is 6.79. The van der Waals surface area contributed by atoms with Crippen LogP contribution in [0.15, 0.2) is 0 Å². The molecule has 3 rings (SSSR count).